The van der Waals surface area contributed by atoms with Gasteiger partial charge in [-0.1, -0.05) is 19.1 Å². The van der Waals surface area contributed by atoms with E-state index < -0.39 is 0 Å². The van der Waals surface area contributed by atoms with Crippen LogP contribution in [-0.4, -0.2) is 30.5 Å². The molecule has 2 N–H and O–H groups in total. The lowest BCUT2D eigenvalue weighted by molar-refractivity contribution is 0.0927. The van der Waals surface area contributed by atoms with Crippen molar-refractivity contribution in [3.63, 3.8) is 0 Å². The molecule has 3 rings (SSSR count). The molecule has 0 atom stereocenters. The molecule has 0 aliphatic carbocycles. The van der Waals surface area contributed by atoms with Crippen molar-refractivity contribution in [2.75, 3.05) is 19.6 Å². The lowest BCUT2D eigenvalue weighted by atomic mass is 10.3. The van der Waals surface area contributed by atoms with Crippen molar-refractivity contribution in [1.82, 2.24) is 15.6 Å². The zero-order valence-corrected chi connectivity index (χ0v) is 13.8. The summed E-state index contributed by atoms with van der Waals surface area (Å²) in [5.41, 5.74) is 0.942. The van der Waals surface area contributed by atoms with Gasteiger partial charge in [-0.2, -0.15) is 0 Å². The third-order valence-electron chi connectivity index (χ3n) is 3.35. The van der Waals surface area contributed by atoms with Crippen LogP contribution in [-0.2, 0) is 0 Å². The highest BCUT2D eigenvalue weighted by Crippen LogP contribution is 2.30. The molecule has 0 aliphatic heterocycles. The Balaban J connectivity index is 1.64. The molecule has 23 heavy (non-hydrogen) atoms. The van der Waals surface area contributed by atoms with Gasteiger partial charge in [-0.05, 0) is 37.2 Å². The third kappa shape index (κ3) is 3.78. The second-order valence-electron chi connectivity index (χ2n) is 5.16. The SMILES string of the molecule is CCCNCCNC(=O)c1ccc(-c2nc3ccccc3s2)o1. The average Bonchev–Trinajstić information content (AvgIpc) is 3.21. The summed E-state index contributed by atoms with van der Waals surface area (Å²) in [5.74, 6) is 0.742. The molecular weight excluding hydrogens is 310 g/mol. The monoisotopic (exact) mass is 329 g/mol. The van der Waals surface area contributed by atoms with E-state index in [0.717, 1.165) is 34.7 Å². The van der Waals surface area contributed by atoms with Gasteiger partial charge in [0.05, 0.1) is 10.2 Å². The van der Waals surface area contributed by atoms with E-state index in [4.69, 9.17) is 4.42 Å². The summed E-state index contributed by atoms with van der Waals surface area (Å²) in [6.07, 6.45) is 1.08. The number of thiazole rings is 1. The summed E-state index contributed by atoms with van der Waals surface area (Å²) < 4.78 is 6.76. The van der Waals surface area contributed by atoms with E-state index in [-0.39, 0.29) is 5.91 Å². The number of hydrogen-bond donors (Lipinski definition) is 2. The lowest BCUT2D eigenvalue weighted by Gasteiger charge is -2.04. The fourth-order valence-corrected chi connectivity index (χ4v) is 3.13. The number of benzene rings is 1. The molecule has 3 aromatic rings. The molecule has 1 aromatic carbocycles. The van der Waals surface area contributed by atoms with E-state index in [1.165, 1.54) is 0 Å². The topological polar surface area (TPSA) is 67.2 Å². The minimum absolute atomic E-state index is 0.198. The normalized spacial score (nSPS) is 11.0. The van der Waals surface area contributed by atoms with E-state index in [1.807, 2.05) is 24.3 Å². The number of rotatable bonds is 7. The van der Waals surface area contributed by atoms with Gasteiger partial charge in [0, 0.05) is 13.1 Å². The number of amides is 1. The second-order valence-corrected chi connectivity index (χ2v) is 6.19. The molecule has 0 spiro atoms. The number of aromatic nitrogens is 1. The molecule has 0 aliphatic rings. The highest BCUT2D eigenvalue weighted by molar-refractivity contribution is 7.21. The molecule has 2 heterocycles. The predicted molar refractivity (Wildman–Crippen MR) is 92.8 cm³/mol. The van der Waals surface area contributed by atoms with Gasteiger partial charge in [-0.3, -0.25) is 4.79 Å². The first-order valence-electron chi connectivity index (χ1n) is 7.72. The predicted octanol–water partition coefficient (Wildman–Crippen LogP) is 3.29. The Hall–Kier alpha value is -2.18. The average molecular weight is 329 g/mol. The van der Waals surface area contributed by atoms with Crippen LogP contribution in [0.1, 0.15) is 23.9 Å². The first kappa shape index (κ1) is 15.7. The summed E-state index contributed by atoms with van der Waals surface area (Å²) in [6, 6.07) is 11.4. The van der Waals surface area contributed by atoms with Gasteiger partial charge in [-0.25, -0.2) is 4.98 Å². The van der Waals surface area contributed by atoms with Crippen molar-refractivity contribution >= 4 is 27.5 Å². The smallest absolute Gasteiger partial charge is 0.287 e. The molecule has 1 amide bonds. The Morgan fingerprint density at radius 2 is 2.04 bits per heavy atom. The molecule has 0 bridgehead atoms. The summed E-state index contributed by atoms with van der Waals surface area (Å²) >= 11 is 1.56. The van der Waals surface area contributed by atoms with Gasteiger partial charge in [0.1, 0.15) is 0 Å². The molecule has 6 heteroatoms. The van der Waals surface area contributed by atoms with E-state index in [9.17, 15) is 4.79 Å². The Morgan fingerprint density at radius 3 is 2.87 bits per heavy atom. The highest BCUT2D eigenvalue weighted by Gasteiger charge is 2.14. The Kier molecular flexibility index (Phi) is 5.05. The fraction of sp³-hybridized carbons (Fsp3) is 0.294. The summed E-state index contributed by atoms with van der Waals surface area (Å²) in [7, 11) is 0. The minimum Gasteiger partial charge on any atom is -0.448 e. The molecule has 2 aromatic heterocycles. The van der Waals surface area contributed by atoms with Crippen LogP contribution < -0.4 is 10.6 Å². The molecule has 5 nitrogen and oxygen atoms in total. The number of carbonyl (C=O) groups is 1. The first-order valence-corrected chi connectivity index (χ1v) is 8.54. The van der Waals surface area contributed by atoms with Gasteiger partial charge in [-0.15, -0.1) is 11.3 Å². The van der Waals surface area contributed by atoms with Crippen molar-refractivity contribution in [3.8, 4) is 10.8 Å². The fourth-order valence-electron chi connectivity index (χ4n) is 2.21. The molecule has 0 saturated heterocycles. The van der Waals surface area contributed by atoms with E-state index in [0.29, 0.717) is 18.1 Å². The van der Waals surface area contributed by atoms with Crippen LogP contribution in [0.15, 0.2) is 40.8 Å². The van der Waals surface area contributed by atoms with Crippen molar-refractivity contribution in [2.24, 2.45) is 0 Å². The largest absolute Gasteiger partial charge is 0.448 e. The van der Waals surface area contributed by atoms with Gasteiger partial charge in [0.25, 0.3) is 5.91 Å². The van der Waals surface area contributed by atoms with E-state index in [1.54, 1.807) is 23.5 Å². The van der Waals surface area contributed by atoms with Crippen LogP contribution in [0.25, 0.3) is 21.0 Å². The van der Waals surface area contributed by atoms with Crippen molar-refractivity contribution < 1.29 is 9.21 Å². The standard InChI is InChI=1S/C17H19N3O2S/c1-2-9-18-10-11-19-16(21)13-7-8-14(22-13)17-20-12-5-3-4-6-15(12)23-17/h3-8,18H,2,9-11H2,1H3,(H,19,21). The van der Waals surface area contributed by atoms with Crippen LogP contribution in [0.5, 0.6) is 0 Å². The second kappa shape index (κ2) is 7.39. The molecular formula is C17H19N3O2S. The first-order chi connectivity index (χ1) is 11.3. The molecule has 0 unspecified atom stereocenters. The van der Waals surface area contributed by atoms with E-state index >= 15 is 0 Å². The Labute approximate surface area is 138 Å². The Bertz CT molecular complexity index is 761. The summed E-state index contributed by atoms with van der Waals surface area (Å²) in [6.45, 7) is 4.40. The van der Waals surface area contributed by atoms with Crippen molar-refractivity contribution in [2.45, 2.75) is 13.3 Å². The van der Waals surface area contributed by atoms with Crippen LogP contribution in [0.3, 0.4) is 0 Å². The highest BCUT2D eigenvalue weighted by atomic mass is 32.1. The van der Waals surface area contributed by atoms with Crippen LogP contribution in [0.4, 0.5) is 0 Å². The number of nitrogens with zero attached hydrogens (tertiary/aromatic N) is 1. The minimum atomic E-state index is -0.198. The number of nitrogens with one attached hydrogen (secondary N) is 2. The quantitative estimate of drug-likeness (QED) is 0.653. The van der Waals surface area contributed by atoms with Gasteiger partial charge >= 0.3 is 0 Å². The third-order valence-corrected chi connectivity index (χ3v) is 4.40. The van der Waals surface area contributed by atoms with Gasteiger partial charge in [0.15, 0.2) is 16.5 Å². The van der Waals surface area contributed by atoms with Crippen molar-refractivity contribution in [3.05, 3.63) is 42.2 Å². The number of carbonyl (C=O) groups excluding carboxylic acids is 1. The molecule has 0 radical (unpaired) electrons. The van der Waals surface area contributed by atoms with Crippen LogP contribution in [0.2, 0.25) is 0 Å². The molecule has 120 valence electrons. The summed E-state index contributed by atoms with van der Waals surface area (Å²) in [5, 5.41) is 6.86. The van der Waals surface area contributed by atoms with Gasteiger partial charge < -0.3 is 15.1 Å². The van der Waals surface area contributed by atoms with E-state index in [2.05, 4.69) is 22.5 Å². The number of furan rings is 1. The van der Waals surface area contributed by atoms with Crippen LogP contribution >= 0.6 is 11.3 Å². The maximum atomic E-state index is 12.0. The summed E-state index contributed by atoms with van der Waals surface area (Å²) in [4.78, 5) is 16.6. The maximum Gasteiger partial charge on any atom is 0.287 e. The zero-order chi connectivity index (χ0) is 16.1. The number of fused-ring (bicyclic) bond motifs is 1. The van der Waals surface area contributed by atoms with Crippen LogP contribution in [0, 0.1) is 0 Å². The molecule has 0 fully saturated rings. The zero-order valence-electron chi connectivity index (χ0n) is 13.0. The Morgan fingerprint density at radius 1 is 1.17 bits per heavy atom. The van der Waals surface area contributed by atoms with Gasteiger partial charge in [0.2, 0.25) is 0 Å². The molecule has 0 saturated carbocycles. The number of para-hydroxylation sites is 1. The number of hydrogen-bond acceptors (Lipinski definition) is 5. The van der Waals surface area contributed by atoms with Crippen molar-refractivity contribution in [1.29, 1.82) is 0 Å². The maximum absolute atomic E-state index is 12.0. The lowest BCUT2D eigenvalue weighted by Crippen LogP contribution is -2.31.